The largest absolute Gasteiger partial charge is 0.493 e. The number of nitrogens with one attached hydrogen (secondary N) is 3. The van der Waals surface area contributed by atoms with Gasteiger partial charge in [0, 0.05) is 57.1 Å². The maximum atomic E-state index is 12.0. The number of aliphatic imine (C=N–C) groups is 1. The van der Waals surface area contributed by atoms with Crippen molar-refractivity contribution in [2.45, 2.75) is 26.7 Å². The first kappa shape index (κ1) is 26.8. The van der Waals surface area contributed by atoms with Gasteiger partial charge in [0.05, 0.1) is 12.9 Å². The third kappa shape index (κ3) is 10.1. The molecule has 0 spiro atoms. The molecular formula is C22H33IN4O4. The van der Waals surface area contributed by atoms with Crippen LogP contribution in [0.15, 0.2) is 46.0 Å². The number of hydrogen-bond acceptors (Lipinski definition) is 5. The molecule has 3 N–H and O–H groups in total. The lowest BCUT2D eigenvalue weighted by atomic mass is 10.2. The summed E-state index contributed by atoms with van der Waals surface area (Å²) in [4.78, 5) is 16.6. The van der Waals surface area contributed by atoms with Crippen LogP contribution in [0.1, 0.15) is 35.9 Å². The van der Waals surface area contributed by atoms with Gasteiger partial charge < -0.3 is 29.8 Å². The fourth-order valence-corrected chi connectivity index (χ4v) is 2.66. The lowest BCUT2D eigenvalue weighted by molar-refractivity contribution is 0.0925. The zero-order chi connectivity index (χ0) is 21.6. The molecule has 1 amide bonds. The van der Waals surface area contributed by atoms with Crippen molar-refractivity contribution in [2.75, 3.05) is 45.3 Å². The van der Waals surface area contributed by atoms with E-state index in [0.717, 1.165) is 30.0 Å². The molecule has 31 heavy (non-hydrogen) atoms. The van der Waals surface area contributed by atoms with Crippen molar-refractivity contribution in [1.82, 2.24) is 10.6 Å². The molecular weight excluding hydrogens is 511 g/mol. The highest BCUT2D eigenvalue weighted by molar-refractivity contribution is 14.0. The predicted octanol–water partition coefficient (Wildman–Crippen LogP) is 3.82. The second-order valence-electron chi connectivity index (χ2n) is 6.65. The van der Waals surface area contributed by atoms with E-state index in [2.05, 4.69) is 20.9 Å². The molecule has 0 radical (unpaired) electrons. The number of anilines is 1. The summed E-state index contributed by atoms with van der Waals surface area (Å²) in [5.41, 5.74) is 1.72. The van der Waals surface area contributed by atoms with Gasteiger partial charge in [-0.05, 0) is 38.5 Å². The molecule has 1 heterocycles. The van der Waals surface area contributed by atoms with Gasteiger partial charge in [0.1, 0.15) is 5.75 Å². The smallest absolute Gasteiger partial charge is 0.287 e. The minimum absolute atomic E-state index is 0. The Balaban J connectivity index is 0.00000480. The SMILES string of the molecule is CCNC(=NCCCNC(=O)c1occc1C)Nc1cccc(OCCCOC)c1.I. The van der Waals surface area contributed by atoms with Gasteiger partial charge in [-0.15, -0.1) is 24.0 Å². The third-order valence-corrected chi connectivity index (χ3v) is 4.16. The summed E-state index contributed by atoms with van der Waals surface area (Å²) in [5, 5.41) is 9.35. The van der Waals surface area contributed by atoms with Crippen molar-refractivity contribution in [3.8, 4) is 5.75 Å². The number of carbonyl (C=O) groups is 1. The third-order valence-electron chi connectivity index (χ3n) is 4.16. The van der Waals surface area contributed by atoms with Gasteiger partial charge in [0.2, 0.25) is 0 Å². The highest BCUT2D eigenvalue weighted by Gasteiger charge is 2.11. The van der Waals surface area contributed by atoms with Crippen LogP contribution < -0.4 is 20.7 Å². The van der Waals surface area contributed by atoms with Crippen molar-refractivity contribution < 1.29 is 18.7 Å². The van der Waals surface area contributed by atoms with Crippen molar-refractivity contribution in [1.29, 1.82) is 0 Å². The van der Waals surface area contributed by atoms with Gasteiger partial charge in [0.15, 0.2) is 11.7 Å². The number of nitrogens with zero attached hydrogens (tertiary/aromatic N) is 1. The molecule has 0 unspecified atom stereocenters. The molecule has 8 nitrogen and oxygen atoms in total. The highest BCUT2D eigenvalue weighted by Crippen LogP contribution is 2.17. The van der Waals surface area contributed by atoms with Crippen LogP contribution in [0.2, 0.25) is 0 Å². The predicted molar refractivity (Wildman–Crippen MR) is 134 cm³/mol. The number of guanidine groups is 1. The molecule has 2 rings (SSSR count). The number of furan rings is 1. The Morgan fingerprint density at radius 3 is 2.71 bits per heavy atom. The molecule has 0 bridgehead atoms. The molecule has 0 saturated heterocycles. The fraction of sp³-hybridized carbons (Fsp3) is 0.455. The molecule has 0 atom stereocenters. The van der Waals surface area contributed by atoms with Crippen LogP contribution in [-0.2, 0) is 4.74 Å². The van der Waals surface area contributed by atoms with E-state index in [1.807, 2.05) is 38.1 Å². The first-order valence-corrected chi connectivity index (χ1v) is 10.2. The maximum Gasteiger partial charge on any atom is 0.287 e. The molecule has 0 aliphatic heterocycles. The number of benzene rings is 1. The Hall–Kier alpha value is -2.27. The summed E-state index contributed by atoms with van der Waals surface area (Å²) < 4.78 is 16.0. The quantitative estimate of drug-likeness (QED) is 0.163. The van der Waals surface area contributed by atoms with E-state index in [1.165, 1.54) is 6.26 Å². The lowest BCUT2D eigenvalue weighted by Gasteiger charge is -2.13. The second kappa shape index (κ2) is 15.5. The Morgan fingerprint density at radius 1 is 1.16 bits per heavy atom. The zero-order valence-electron chi connectivity index (χ0n) is 18.4. The number of methoxy groups -OCH3 is 1. The molecule has 1 aromatic heterocycles. The van der Waals surface area contributed by atoms with E-state index >= 15 is 0 Å². The van der Waals surface area contributed by atoms with E-state index in [1.54, 1.807) is 13.2 Å². The molecule has 0 aliphatic carbocycles. The standard InChI is InChI=1S/C22H32N4O4.HI/c1-4-23-22(25-12-6-11-24-21(27)20-17(2)10-15-30-20)26-18-8-5-9-19(16-18)29-14-7-13-28-3;/h5,8-10,15-16H,4,6-7,11-14H2,1-3H3,(H,24,27)(H2,23,25,26);1H. The van der Waals surface area contributed by atoms with Gasteiger partial charge in [-0.25, -0.2) is 0 Å². The van der Waals surface area contributed by atoms with E-state index in [4.69, 9.17) is 13.9 Å². The Kier molecular flexibility index (Phi) is 13.4. The van der Waals surface area contributed by atoms with Crippen molar-refractivity contribution in [2.24, 2.45) is 4.99 Å². The first-order chi connectivity index (χ1) is 14.6. The number of rotatable bonds is 12. The molecule has 0 saturated carbocycles. The number of aryl methyl sites for hydroxylation is 1. The van der Waals surface area contributed by atoms with Gasteiger partial charge in [0.25, 0.3) is 5.91 Å². The zero-order valence-corrected chi connectivity index (χ0v) is 20.7. The van der Waals surface area contributed by atoms with Gasteiger partial charge in [-0.2, -0.15) is 0 Å². The van der Waals surface area contributed by atoms with Crippen LogP contribution >= 0.6 is 24.0 Å². The van der Waals surface area contributed by atoms with Crippen LogP contribution in [0.25, 0.3) is 0 Å². The van der Waals surface area contributed by atoms with E-state index in [9.17, 15) is 4.79 Å². The van der Waals surface area contributed by atoms with Crippen LogP contribution in [0, 0.1) is 6.92 Å². The van der Waals surface area contributed by atoms with Crippen LogP contribution in [0.3, 0.4) is 0 Å². The normalized spacial score (nSPS) is 10.9. The maximum absolute atomic E-state index is 12.0. The first-order valence-electron chi connectivity index (χ1n) is 10.2. The Morgan fingerprint density at radius 2 is 2.00 bits per heavy atom. The second-order valence-corrected chi connectivity index (χ2v) is 6.65. The summed E-state index contributed by atoms with van der Waals surface area (Å²) in [6.07, 6.45) is 3.07. The fourth-order valence-electron chi connectivity index (χ4n) is 2.66. The highest BCUT2D eigenvalue weighted by atomic mass is 127. The van der Waals surface area contributed by atoms with Crippen molar-refractivity contribution in [3.05, 3.63) is 47.9 Å². The Bertz CT molecular complexity index is 810. The topological polar surface area (TPSA) is 97.1 Å². The molecule has 2 aromatic rings. The average Bonchev–Trinajstić information content (AvgIpc) is 3.17. The van der Waals surface area contributed by atoms with Crippen LogP contribution in [0.4, 0.5) is 5.69 Å². The van der Waals surface area contributed by atoms with Crippen LogP contribution in [0.5, 0.6) is 5.75 Å². The average molecular weight is 544 g/mol. The molecule has 172 valence electrons. The van der Waals surface area contributed by atoms with E-state index in [0.29, 0.717) is 44.4 Å². The summed E-state index contributed by atoms with van der Waals surface area (Å²) in [5.74, 6) is 1.64. The summed E-state index contributed by atoms with van der Waals surface area (Å²) in [6, 6.07) is 9.52. The van der Waals surface area contributed by atoms with Crippen LogP contribution in [-0.4, -0.2) is 51.8 Å². The molecule has 0 fully saturated rings. The Labute approximate surface area is 201 Å². The molecule has 0 aliphatic rings. The van der Waals surface area contributed by atoms with Crippen molar-refractivity contribution >= 4 is 41.5 Å². The number of carbonyl (C=O) groups excluding carboxylic acids is 1. The molecule has 1 aromatic carbocycles. The van der Waals surface area contributed by atoms with E-state index < -0.39 is 0 Å². The van der Waals surface area contributed by atoms with Gasteiger partial charge in [-0.1, -0.05) is 6.07 Å². The minimum atomic E-state index is -0.200. The minimum Gasteiger partial charge on any atom is -0.493 e. The van der Waals surface area contributed by atoms with Gasteiger partial charge >= 0.3 is 0 Å². The number of ether oxygens (including phenoxy) is 2. The van der Waals surface area contributed by atoms with E-state index in [-0.39, 0.29) is 29.9 Å². The molecule has 9 heteroatoms. The van der Waals surface area contributed by atoms with Crippen molar-refractivity contribution in [3.63, 3.8) is 0 Å². The number of amides is 1. The summed E-state index contributed by atoms with van der Waals surface area (Å²) >= 11 is 0. The summed E-state index contributed by atoms with van der Waals surface area (Å²) in [7, 11) is 1.68. The lowest BCUT2D eigenvalue weighted by Crippen LogP contribution is -2.31. The van der Waals surface area contributed by atoms with Gasteiger partial charge in [-0.3, -0.25) is 9.79 Å². The monoisotopic (exact) mass is 544 g/mol. The number of hydrogen-bond donors (Lipinski definition) is 3. The number of halogens is 1. The summed E-state index contributed by atoms with van der Waals surface area (Å²) in [6.45, 7) is 6.97.